The van der Waals surface area contributed by atoms with Gasteiger partial charge in [0.25, 0.3) is 0 Å². The third-order valence-electron chi connectivity index (χ3n) is 7.24. The van der Waals surface area contributed by atoms with E-state index in [4.69, 9.17) is 25.3 Å². The molecule has 2 aromatic heterocycles. The quantitative estimate of drug-likeness (QED) is 0.213. The van der Waals surface area contributed by atoms with E-state index in [9.17, 15) is 0 Å². The maximum Gasteiger partial charge on any atom is 0.192 e. The molecule has 0 bridgehead atoms. The van der Waals surface area contributed by atoms with E-state index in [2.05, 4.69) is 76.7 Å². The number of rotatable bonds is 7. The zero-order valence-corrected chi connectivity index (χ0v) is 26.2. The van der Waals surface area contributed by atoms with Crippen LogP contribution in [0.3, 0.4) is 0 Å². The van der Waals surface area contributed by atoms with Gasteiger partial charge in [-0.3, -0.25) is 0 Å². The van der Waals surface area contributed by atoms with Gasteiger partial charge in [-0.2, -0.15) is 0 Å². The second kappa shape index (κ2) is 10.7. The highest BCUT2D eigenvalue weighted by atomic mass is 35.5. The van der Waals surface area contributed by atoms with Crippen LogP contribution in [0, 0.1) is 38.9 Å². The van der Waals surface area contributed by atoms with Crippen LogP contribution in [0.1, 0.15) is 58.6 Å². The second-order valence-electron chi connectivity index (χ2n) is 12.5. The molecule has 1 radical (unpaired) electrons. The molecule has 2 unspecified atom stereocenters. The first-order valence-corrected chi connectivity index (χ1v) is 16.1. The summed E-state index contributed by atoms with van der Waals surface area (Å²) in [6, 6.07) is 4.55. The first kappa shape index (κ1) is 30.3. The van der Waals surface area contributed by atoms with Crippen LogP contribution in [0.25, 0.3) is 22.6 Å². The van der Waals surface area contributed by atoms with Gasteiger partial charge in [0.2, 0.25) is 0 Å². The third kappa shape index (κ3) is 6.29. The van der Waals surface area contributed by atoms with Gasteiger partial charge in [-0.05, 0) is 64.0 Å². The molecule has 0 saturated heterocycles. The summed E-state index contributed by atoms with van der Waals surface area (Å²) in [4.78, 5) is 9.07. The van der Waals surface area contributed by atoms with Crippen molar-refractivity contribution < 1.29 is 18.1 Å². The molecule has 2 heterocycles. The summed E-state index contributed by atoms with van der Waals surface area (Å²) in [7, 11) is -2.10. The number of hydrogen-bond donors (Lipinski definition) is 0. The van der Waals surface area contributed by atoms with Crippen LogP contribution in [-0.4, -0.2) is 35.6 Å². The normalized spacial score (nSPS) is 14.5. The van der Waals surface area contributed by atoms with Crippen molar-refractivity contribution in [1.82, 2.24) is 15.1 Å². The van der Waals surface area contributed by atoms with Crippen LogP contribution in [-0.2, 0) is 4.43 Å². The lowest BCUT2D eigenvalue weighted by molar-refractivity contribution is 0.000946. The van der Waals surface area contributed by atoms with Gasteiger partial charge in [-0.15, -0.1) is 0 Å². The summed E-state index contributed by atoms with van der Waals surface area (Å²) in [6.07, 6.45) is -0.823. The van der Waals surface area contributed by atoms with E-state index < -0.39 is 26.3 Å². The molecule has 0 amide bonds. The Balaban J connectivity index is 2.03. The molecule has 0 aliphatic carbocycles. The van der Waals surface area contributed by atoms with E-state index in [-0.39, 0.29) is 27.0 Å². The molecule has 9 heteroatoms. The fraction of sp³-hybridized carbons (Fsp3) is 0.517. The Morgan fingerprint density at radius 3 is 2.21 bits per heavy atom. The van der Waals surface area contributed by atoms with E-state index >= 15 is 4.39 Å². The van der Waals surface area contributed by atoms with Gasteiger partial charge in [-0.1, -0.05) is 58.3 Å². The number of hydrogen-bond acceptors (Lipinski definition) is 6. The Labute approximate surface area is 232 Å². The Morgan fingerprint density at radius 2 is 1.68 bits per heavy atom. The highest BCUT2D eigenvalue weighted by Crippen LogP contribution is 2.40. The van der Waals surface area contributed by atoms with Crippen LogP contribution < -0.4 is 4.74 Å². The van der Waals surface area contributed by atoms with Gasteiger partial charge in [-0.25, -0.2) is 14.4 Å². The molecule has 0 saturated carbocycles. The lowest BCUT2D eigenvalue weighted by Gasteiger charge is -2.43. The Bertz CT molecular complexity index is 1290. The minimum Gasteiger partial charge on any atom is -0.487 e. The SMILES string of the molecule is [CH2]C(O[Si](C)(C)C(C)(C)C)C(Oc1ccc(F)c(-c2nc(Cl)c(C)c(-c3c(C)noc3C)n2)c1)C(C)(C)C. The molecule has 207 valence electrons. The molecular formula is C29H40ClFN3O3Si. The molecule has 0 aliphatic heterocycles. The van der Waals surface area contributed by atoms with Crippen LogP contribution in [0.5, 0.6) is 5.75 Å². The van der Waals surface area contributed by atoms with E-state index in [1.54, 1.807) is 19.1 Å². The van der Waals surface area contributed by atoms with E-state index in [0.717, 1.165) is 5.56 Å². The number of benzene rings is 1. The standard InChI is InChI=1S/C29H40ClFN3O3Si/c1-16-24(23-17(2)34-36-18(23)3)32-27(33-26(16)30)21-15-20(13-14-22(21)31)35-25(28(5,6)7)19(4)37-38(11,12)29(8,9)10/h13-15,19,25H,4H2,1-3,5-12H3. The van der Waals surface area contributed by atoms with Gasteiger partial charge in [0, 0.05) is 11.0 Å². The summed E-state index contributed by atoms with van der Waals surface area (Å²) < 4.78 is 33.5. The molecule has 3 rings (SSSR count). The highest BCUT2D eigenvalue weighted by Gasteiger charge is 2.42. The fourth-order valence-corrected chi connectivity index (χ4v) is 5.40. The van der Waals surface area contributed by atoms with Gasteiger partial charge < -0.3 is 13.7 Å². The zero-order valence-electron chi connectivity index (χ0n) is 24.4. The van der Waals surface area contributed by atoms with Crippen molar-refractivity contribution >= 4 is 19.9 Å². The third-order valence-corrected chi connectivity index (χ3v) is 12.1. The molecule has 1 aromatic carbocycles. The second-order valence-corrected chi connectivity index (χ2v) is 17.6. The Hall–Kier alpha value is -2.29. The summed E-state index contributed by atoms with van der Waals surface area (Å²) in [5, 5.41) is 4.27. The van der Waals surface area contributed by atoms with E-state index in [1.807, 2.05) is 13.8 Å². The van der Waals surface area contributed by atoms with Crippen LogP contribution >= 0.6 is 11.6 Å². The highest BCUT2D eigenvalue weighted by molar-refractivity contribution is 6.74. The smallest absolute Gasteiger partial charge is 0.192 e. The van der Waals surface area contributed by atoms with Crippen molar-refractivity contribution in [1.29, 1.82) is 0 Å². The lowest BCUT2D eigenvalue weighted by atomic mass is 9.86. The number of halogens is 2. The summed E-state index contributed by atoms with van der Waals surface area (Å²) in [5.74, 6) is 0.723. The zero-order chi connectivity index (χ0) is 28.8. The molecule has 6 nitrogen and oxygen atoms in total. The van der Waals surface area contributed by atoms with E-state index in [1.165, 1.54) is 6.07 Å². The number of aryl methyl sites for hydroxylation is 2. The van der Waals surface area contributed by atoms with Gasteiger partial charge in [0.15, 0.2) is 14.1 Å². The van der Waals surface area contributed by atoms with Crippen molar-refractivity contribution in [2.45, 2.75) is 92.7 Å². The predicted octanol–water partition coefficient (Wildman–Crippen LogP) is 8.53. The number of aromatic nitrogens is 3. The summed E-state index contributed by atoms with van der Waals surface area (Å²) >= 11 is 6.49. The monoisotopic (exact) mass is 560 g/mol. The number of ether oxygens (including phenoxy) is 1. The maximum atomic E-state index is 15.2. The van der Waals surface area contributed by atoms with Crippen molar-refractivity contribution in [2.24, 2.45) is 5.41 Å². The molecule has 3 aromatic rings. The maximum absolute atomic E-state index is 15.2. The van der Waals surface area contributed by atoms with Crippen molar-refractivity contribution in [3.05, 3.63) is 53.1 Å². The average Bonchev–Trinajstić information content (AvgIpc) is 3.10. The van der Waals surface area contributed by atoms with Crippen molar-refractivity contribution in [3.63, 3.8) is 0 Å². The molecule has 0 spiro atoms. The van der Waals surface area contributed by atoms with Crippen LogP contribution in [0.4, 0.5) is 4.39 Å². The minimum absolute atomic E-state index is 0.0232. The Kier molecular flexibility index (Phi) is 8.52. The van der Waals surface area contributed by atoms with Crippen molar-refractivity contribution in [3.8, 4) is 28.4 Å². The fourth-order valence-electron chi connectivity index (χ4n) is 4.00. The van der Waals surface area contributed by atoms with Gasteiger partial charge >= 0.3 is 0 Å². The van der Waals surface area contributed by atoms with Crippen LogP contribution in [0.15, 0.2) is 22.7 Å². The topological polar surface area (TPSA) is 70.3 Å². The molecule has 0 aliphatic rings. The molecule has 0 fully saturated rings. The summed E-state index contributed by atoms with van der Waals surface area (Å²) in [5.41, 5.74) is 2.47. The average molecular weight is 561 g/mol. The lowest BCUT2D eigenvalue weighted by Crippen LogP contribution is -2.50. The molecule has 2 atom stereocenters. The first-order valence-electron chi connectivity index (χ1n) is 12.8. The molecular weight excluding hydrogens is 521 g/mol. The number of nitrogens with zero attached hydrogens (tertiary/aromatic N) is 3. The van der Waals surface area contributed by atoms with Gasteiger partial charge in [0.1, 0.15) is 28.6 Å². The van der Waals surface area contributed by atoms with Crippen molar-refractivity contribution in [2.75, 3.05) is 0 Å². The van der Waals surface area contributed by atoms with E-state index in [0.29, 0.717) is 28.5 Å². The summed E-state index contributed by atoms with van der Waals surface area (Å²) in [6.45, 7) is 26.9. The van der Waals surface area contributed by atoms with Crippen LogP contribution in [0.2, 0.25) is 23.3 Å². The predicted molar refractivity (Wildman–Crippen MR) is 153 cm³/mol. The largest absolute Gasteiger partial charge is 0.487 e. The molecule has 0 N–H and O–H groups in total. The van der Waals surface area contributed by atoms with Gasteiger partial charge in [0.05, 0.1) is 28.6 Å². The minimum atomic E-state index is -2.10. The Morgan fingerprint density at radius 1 is 1.05 bits per heavy atom. The molecule has 38 heavy (non-hydrogen) atoms. The first-order chi connectivity index (χ1) is 17.3.